The number of ether oxygens (including phenoxy) is 2. The molecule has 3 heterocycles. The van der Waals surface area contributed by atoms with Gasteiger partial charge in [0.2, 0.25) is 0 Å². The van der Waals surface area contributed by atoms with Crippen LogP contribution >= 0.6 is 0 Å². The Balaban J connectivity index is 1.63. The van der Waals surface area contributed by atoms with Gasteiger partial charge in [-0.25, -0.2) is 9.07 Å². The van der Waals surface area contributed by atoms with E-state index in [1.807, 2.05) is 0 Å². The van der Waals surface area contributed by atoms with Gasteiger partial charge in [0.15, 0.2) is 17.2 Å². The number of carbonyl (C=O) groups is 1. The summed E-state index contributed by atoms with van der Waals surface area (Å²) in [6.07, 6.45) is -4.19. The van der Waals surface area contributed by atoms with Gasteiger partial charge < -0.3 is 14.4 Å². The monoisotopic (exact) mass is 400 g/mol. The molecule has 2 fully saturated rings. The van der Waals surface area contributed by atoms with E-state index in [-0.39, 0.29) is 18.8 Å². The number of likely N-dealkylation sites (tertiary alicyclic amines) is 1. The van der Waals surface area contributed by atoms with Gasteiger partial charge in [-0.05, 0) is 18.2 Å². The van der Waals surface area contributed by atoms with Gasteiger partial charge in [0.25, 0.3) is 5.91 Å². The molecule has 1 aromatic carbocycles. The minimum atomic E-state index is -4.91. The van der Waals surface area contributed by atoms with Crippen molar-refractivity contribution in [3.8, 4) is 5.69 Å². The van der Waals surface area contributed by atoms with Crippen LogP contribution in [0.2, 0.25) is 0 Å². The maximum atomic E-state index is 13.7. The summed E-state index contributed by atoms with van der Waals surface area (Å²) in [5.74, 6) is -2.38. The third-order valence-corrected chi connectivity index (χ3v) is 4.82. The van der Waals surface area contributed by atoms with Gasteiger partial charge in [-0.2, -0.15) is 13.2 Å². The van der Waals surface area contributed by atoms with Crippen LogP contribution in [-0.2, 0) is 15.7 Å². The molecule has 28 heavy (non-hydrogen) atoms. The molecule has 0 radical (unpaired) electrons. The summed E-state index contributed by atoms with van der Waals surface area (Å²) in [7, 11) is 0. The van der Waals surface area contributed by atoms with Crippen LogP contribution in [-0.4, -0.2) is 57.9 Å². The number of alkyl halides is 3. The van der Waals surface area contributed by atoms with E-state index >= 15 is 0 Å². The van der Waals surface area contributed by atoms with Crippen molar-refractivity contribution in [1.82, 2.24) is 19.9 Å². The summed E-state index contributed by atoms with van der Waals surface area (Å²) in [4.78, 5) is 14.0. The number of aromatic nitrogens is 3. The third kappa shape index (κ3) is 3.35. The molecule has 4 rings (SSSR count). The van der Waals surface area contributed by atoms with Crippen LogP contribution in [0.15, 0.2) is 24.3 Å². The minimum absolute atomic E-state index is 0.170. The lowest BCUT2D eigenvalue weighted by Crippen LogP contribution is -2.47. The van der Waals surface area contributed by atoms with Crippen molar-refractivity contribution in [2.75, 3.05) is 26.3 Å². The van der Waals surface area contributed by atoms with E-state index < -0.39 is 35.1 Å². The second-order valence-electron chi connectivity index (χ2n) is 6.58. The maximum absolute atomic E-state index is 13.7. The van der Waals surface area contributed by atoms with Crippen molar-refractivity contribution >= 4 is 5.91 Å². The Labute approximate surface area is 156 Å². The van der Waals surface area contributed by atoms with Gasteiger partial charge in [-0.15, -0.1) is 5.10 Å². The van der Waals surface area contributed by atoms with Crippen molar-refractivity contribution in [3.05, 3.63) is 41.5 Å². The molecule has 7 nitrogen and oxygen atoms in total. The number of hydrogen-bond acceptors (Lipinski definition) is 5. The SMILES string of the molecule is O=C(c1nnn(-c2cccc(F)c2)c1C(F)(F)F)N1CCC2(CC1)OCCO2. The van der Waals surface area contributed by atoms with E-state index in [2.05, 4.69) is 10.3 Å². The first-order chi connectivity index (χ1) is 13.3. The van der Waals surface area contributed by atoms with Gasteiger partial charge in [-0.3, -0.25) is 4.79 Å². The summed E-state index contributed by atoms with van der Waals surface area (Å²) in [5.41, 5.74) is -2.33. The largest absolute Gasteiger partial charge is 0.435 e. The molecule has 2 saturated heterocycles. The quantitative estimate of drug-likeness (QED) is 0.725. The summed E-state index contributed by atoms with van der Waals surface area (Å²) in [6, 6.07) is 4.48. The van der Waals surface area contributed by atoms with Crippen molar-refractivity contribution in [3.63, 3.8) is 0 Å². The molecule has 2 aromatic rings. The standard InChI is InChI=1S/C17H16F4N4O3/c18-11-2-1-3-12(10-11)25-14(17(19,20)21)13(22-23-25)15(26)24-6-4-16(5-7-24)27-8-9-28-16/h1-3,10H,4-9H2. The number of amides is 1. The first kappa shape index (κ1) is 18.8. The Morgan fingerprint density at radius 3 is 2.43 bits per heavy atom. The highest BCUT2D eigenvalue weighted by atomic mass is 19.4. The number of carbonyl (C=O) groups excluding carboxylic acids is 1. The molecule has 150 valence electrons. The molecule has 0 atom stereocenters. The zero-order valence-corrected chi connectivity index (χ0v) is 14.6. The summed E-state index contributed by atoms with van der Waals surface area (Å²) >= 11 is 0. The average Bonchev–Trinajstić information content (AvgIpc) is 3.29. The van der Waals surface area contributed by atoms with Gasteiger partial charge in [0.1, 0.15) is 5.82 Å². The summed E-state index contributed by atoms with van der Waals surface area (Å²) in [6.45, 7) is 1.24. The predicted molar refractivity (Wildman–Crippen MR) is 86.1 cm³/mol. The lowest BCUT2D eigenvalue weighted by Gasteiger charge is -2.37. The van der Waals surface area contributed by atoms with E-state index in [1.165, 1.54) is 17.0 Å². The number of rotatable bonds is 2. The van der Waals surface area contributed by atoms with Crippen molar-refractivity contribution in [2.24, 2.45) is 0 Å². The molecular formula is C17H16F4N4O3. The maximum Gasteiger partial charge on any atom is 0.435 e. The van der Waals surface area contributed by atoms with Gasteiger partial charge in [0.05, 0.1) is 18.9 Å². The van der Waals surface area contributed by atoms with Crippen LogP contribution in [0.3, 0.4) is 0 Å². The lowest BCUT2D eigenvalue weighted by molar-refractivity contribution is -0.181. The van der Waals surface area contributed by atoms with E-state index in [1.54, 1.807) is 0 Å². The third-order valence-electron chi connectivity index (χ3n) is 4.82. The highest BCUT2D eigenvalue weighted by Gasteiger charge is 2.45. The molecule has 0 aliphatic carbocycles. The fourth-order valence-electron chi connectivity index (χ4n) is 3.45. The molecule has 11 heteroatoms. The van der Waals surface area contributed by atoms with E-state index in [0.717, 1.165) is 12.1 Å². The van der Waals surface area contributed by atoms with E-state index in [4.69, 9.17) is 9.47 Å². The highest BCUT2D eigenvalue weighted by Crippen LogP contribution is 2.35. The fourth-order valence-corrected chi connectivity index (χ4v) is 3.45. The molecule has 0 N–H and O–H groups in total. The highest BCUT2D eigenvalue weighted by molar-refractivity contribution is 5.93. The molecule has 2 aliphatic heterocycles. The van der Waals surface area contributed by atoms with Crippen LogP contribution in [0.4, 0.5) is 17.6 Å². The molecule has 0 saturated carbocycles. The Bertz CT molecular complexity index is 883. The van der Waals surface area contributed by atoms with Crippen molar-refractivity contribution in [1.29, 1.82) is 0 Å². The zero-order valence-electron chi connectivity index (χ0n) is 14.6. The smallest absolute Gasteiger partial charge is 0.347 e. The first-order valence-corrected chi connectivity index (χ1v) is 8.65. The summed E-state index contributed by atoms with van der Waals surface area (Å²) < 4.78 is 66.1. The average molecular weight is 400 g/mol. The van der Waals surface area contributed by atoms with Gasteiger partial charge in [0, 0.05) is 25.9 Å². The van der Waals surface area contributed by atoms with Gasteiger partial charge >= 0.3 is 6.18 Å². The second kappa shape index (κ2) is 6.82. The molecule has 2 aliphatic rings. The van der Waals surface area contributed by atoms with Crippen LogP contribution in [0.25, 0.3) is 5.69 Å². The topological polar surface area (TPSA) is 69.5 Å². The Morgan fingerprint density at radius 2 is 1.82 bits per heavy atom. The molecule has 0 bridgehead atoms. The van der Waals surface area contributed by atoms with Crippen LogP contribution in [0.1, 0.15) is 29.0 Å². The van der Waals surface area contributed by atoms with Crippen molar-refractivity contribution in [2.45, 2.75) is 24.8 Å². The Hall–Kier alpha value is -2.53. The molecule has 1 aromatic heterocycles. The number of piperidine rings is 1. The fraction of sp³-hybridized carbons (Fsp3) is 0.471. The van der Waals surface area contributed by atoms with Gasteiger partial charge in [-0.1, -0.05) is 11.3 Å². The van der Waals surface area contributed by atoms with E-state index in [9.17, 15) is 22.4 Å². The normalized spacial score (nSPS) is 19.4. The number of hydrogen-bond donors (Lipinski definition) is 0. The van der Waals surface area contributed by atoms with Crippen molar-refractivity contribution < 1.29 is 31.8 Å². The van der Waals surface area contributed by atoms with Crippen LogP contribution < -0.4 is 0 Å². The molecule has 1 amide bonds. The van der Waals surface area contributed by atoms with Crippen LogP contribution in [0, 0.1) is 5.82 Å². The number of benzene rings is 1. The zero-order chi connectivity index (χ0) is 19.9. The number of halogens is 4. The molecule has 1 spiro atoms. The molecule has 0 unspecified atom stereocenters. The number of nitrogens with zero attached hydrogens (tertiary/aromatic N) is 4. The Morgan fingerprint density at radius 1 is 1.14 bits per heavy atom. The molecular weight excluding hydrogens is 384 g/mol. The van der Waals surface area contributed by atoms with Crippen LogP contribution in [0.5, 0.6) is 0 Å². The lowest BCUT2D eigenvalue weighted by atomic mass is 10.0. The Kier molecular flexibility index (Phi) is 4.58. The first-order valence-electron chi connectivity index (χ1n) is 8.65. The van der Waals surface area contributed by atoms with E-state index in [0.29, 0.717) is 30.7 Å². The second-order valence-corrected chi connectivity index (χ2v) is 6.58. The summed E-state index contributed by atoms with van der Waals surface area (Å²) in [5, 5.41) is 6.93. The minimum Gasteiger partial charge on any atom is -0.347 e. The predicted octanol–water partition coefficient (Wildman–Crippen LogP) is 2.40.